The number of nitrogens with two attached hydrogens (primary N) is 1. The second-order valence-corrected chi connectivity index (χ2v) is 5.60. The highest BCUT2D eigenvalue weighted by atomic mass is 19.2. The van der Waals surface area contributed by atoms with Crippen molar-refractivity contribution >= 4 is 5.91 Å². The summed E-state index contributed by atoms with van der Waals surface area (Å²) in [6, 6.07) is 3.79. The number of nitrogens with zero attached hydrogens (tertiary/aromatic N) is 1. The van der Waals surface area contributed by atoms with Crippen molar-refractivity contribution in [3.8, 4) is 0 Å². The van der Waals surface area contributed by atoms with Gasteiger partial charge in [0.25, 0.3) is 0 Å². The zero-order valence-corrected chi connectivity index (χ0v) is 12.3. The summed E-state index contributed by atoms with van der Waals surface area (Å²) in [4.78, 5) is 14.3. The standard InChI is InChI=1S/C16H22F2N2O/c1-2-20(15-5-3-4-12(15)10-19)16(21)9-11-6-7-13(17)14(18)8-11/h6-8,12,15H,2-5,9-10,19H2,1H3. The lowest BCUT2D eigenvalue weighted by Gasteiger charge is -2.32. The molecule has 5 heteroatoms. The number of likely N-dealkylation sites (N-methyl/N-ethyl adjacent to an activating group) is 1. The van der Waals surface area contributed by atoms with E-state index >= 15 is 0 Å². The number of carbonyl (C=O) groups excluding carboxylic acids is 1. The second-order valence-electron chi connectivity index (χ2n) is 5.60. The minimum Gasteiger partial charge on any atom is -0.339 e. The molecule has 116 valence electrons. The van der Waals surface area contributed by atoms with E-state index in [2.05, 4.69) is 0 Å². The highest BCUT2D eigenvalue weighted by Gasteiger charge is 2.32. The summed E-state index contributed by atoms with van der Waals surface area (Å²) in [5, 5.41) is 0. The van der Waals surface area contributed by atoms with E-state index < -0.39 is 11.6 Å². The Bertz CT molecular complexity index is 507. The van der Waals surface area contributed by atoms with Gasteiger partial charge in [-0.1, -0.05) is 12.5 Å². The van der Waals surface area contributed by atoms with Crippen molar-refractivity contribution in [2.45, 2.75) is 38.6 Å². The molecule has 3 nitrogen and oxygen atoms in total. The van der Waals surface area contributed by atoms with Crippen molar-refractivity contribution in [1.29, 1.82) is 0 Å². The Kier molecular flexibility index (Phi) is 5.28. The quantitative estimate of drug-likeness (QED) is 0.907. The average molecular weight is 296 g/mol. The molecule has 0 radical (unpaired) electrons. The Morgan fingerprint density at radius 1 is 1.33 bits per heavy atom. The van der Waals surface area contributed by atoms with E-state index in [-0.39, 0.29) is 18.4 Å². The summed E-state index contributed by atoms with van der Waals surface area (Å²) < 4.78 is 26.1. The number of amides is 1. The van der Waals surface area contributed by atoms with E-state index in [1.54, 1.807) is 0 Å². The number of hydrogen-bond acceptors (Lipinski definition) is 2. The summed E-state index contributed by atoms with van der Waals surface area (Å²) in [6.45, 7) is 3.14. The van der Waals surface area contributed by atoms with Crippen LogP contribution < -0.4 is 5.73 Å². The minimum absolute atomic E-state index is 0.0474. The summed E-state index contributed by atoms with van der Waals surface area (Å²) >= 11 is 0. The molecule has 1 aromatic carbocycles. The highest BCUT2D eigenvalue weighted by Crippen LogP contribution is 2.29. The first-order valence-corrected chi connectivity index (χ1v) is 7.50. The van der Waals surface area contributed by atoms with E-state index in [0.717, 1.165) is 31.4 Å². The van der Waals surface area contributed by atoms with Gasteiger partial charge in [-0.15, -0.1) is 0 Å². The van der Waals surface area contributed by atoms with Crippen LogP contribution in [0.5, 0.6) is 0 Å². The SMILES string of the molecule is CCN(C(=O)Cc1ccc(F)c(F)c1)C1CCCC1CN. The molecule has 0 bridgehead atoms. The van der Waals surface area contributed by atoms with Crippen LogP contribution >= 0.6 is 0 Å². The van der Waals surface area contributed by atoms with Crippen molar-refractivity contribution in [2.24, 2.45) is 11.7 Å². The molecule has 0 heterocycles. The highest BCUT2D eigenvalue weighted by molar-refractivity contribution is 5.79. The van der Waals surface area contributed by atoms with E-state index in [4.69, 9.17) is 5.73 Å². The van der Waals surface area contributed by atoms with Gasteiger partial charge < -0.3 is 10.6 Å². The fraction of sp³-hybridized carbons (Fsp3) is 0.562. The first-order valence-electron chi connectivity index (χ1n) is 7.50. The maximum Gasteiger partial charge on any atom is 0.227 e. The molecule has 0 aliphatic heterocycles. The van der Waals surface area contributed by atoms with Gasteiger partial charge in [-0.05, 0) is 49.9 Å². The molecule has 1 fully saturated rings. The first-order chi connectivity index (χ1) is 10.1. The van der Waals surface area contributed by atoms with Crippen LogP contribution in [0.15, 0.2) is 18.2 Å². The summed E-state index contributed by atoms with van der Waals surface area (Å²) in [7, 11) is 0. The normalized spacial score (nSPS) is 21.5. The lowest BCUT2D eigenvalue weighted by atomic mass is 10.0. The van der Waals surface area contributed by atoms with Crippen LogP contribution in [0.1, 0.15) is 31.7 Å². The van der Waals surface area contributed by atoms with E-state index in [1.807, 2.05) is 11.8 Å². The third-order valence-corrected chi connectivity index (χ3v) is 4.32. The van der Waals surface area contributed by atoms with Crippen LogP contribution in [-0.2, 0) is 11.2 Å². The number of benzene rings is 1. The molecule has 2 rings (SSSR count). The van der Waals surface area contributed by atoms with Gasteiger partial charge in [-0.3, -0.25) is 4.79 Å². The average Bonchev–Trinajstić information content (AvgIpc) is 2.92. The molecule has 0 saturated heterocycles. The predicted molar refractivity (Wildman–Crippen MR) is 77.6 cm³/mol. The van der Waals surface area contributed by atoms with Crippen LogP contribution in [0.2, 0.25) is 0 Å². The molecule has 1 aromatic rings. The molecule has 1 saturated carbocycles. The van der Waals surface area contributed by atoms with Crippen LogP contribution in [0, 0.1) is 17.6 Å². The van der Waals surface area contributed by atoms with Crippen LogP contribution in [0.25, 0.3) is 0 Å². The second kappa shape index (κ2) is 6.98. The molecule has 0 spiro atoms. The van der Waals surface area contributed by atoms with Crippen molar-refractivity contribution in [2.75, 3.05) is 13.1 Å². The van der Waals surface area contributed by atoms with Gasteiger partial charge in [0.15, 0.2) is 11.6 Å². The first kappa shape index (κ1) is 15.9. The molecule has 2 atom stereocenters. The fourth-order valence-corrected chi connectivity index (χ4v) is 3.22. The van der Waals surface area contributed by atoms with E-state index in [1.165, 1.54) is 6.07 Å². The Hall–Kier alpha value is -1.49. The van der Waals surface area contributed by atoms with Gasteiger partial charge in [-0.2, -0.15) is 0 Å². The molecule has 0 aromatic heterocycles. The summed E-state index contributed by atoms with van der Waals surface area (Å²) in [6.07, 6.45) is 3.20. The third-order valence-electron chi connectivity index (χ3n) is 4.32. The number of carbonyl (C=O) groups is 1. The molecule has 2 unspecified atom stereocenters. The van der Waals surface area contributed by atoms with Gasteiger partial charge >= 0.3 is 0 Å². The van der Waals surface area contributed by atoms with Gasteiger partial charge in [0, 0.05) is 12.6 Å². The minimum atomic E-state index is -0.913. The molecule has 21 heavy (non-hydrogen) atoms. The van der Waals surface area contributed by atoms with Gasteiger partial charge in [0.2, 0.25) is 5.91 Å². The number of hydrogen-bond donors (Lipinski definition) is 1. The zero-order valence-electron chi connectivity index (χ0n) is 12.3. The molecule has 1 aliphatic carbocycles. The molecule has 1 amide bonds. The predicted octanol–water partition coefficient (Wildman–Crippen LogP) is 2.48. The Labute approximate surface area is 124 Å². The Morgan fingerprint density at radius 3 is 2.71 bits per heavy atom. The lowest BCUT2D eigenvalue weighted by molar-refractivity contribution is -0.133. The monoisotopic (exact) mass is 296 g/mol. The van der Waals surface area contributed by atoms with Crippen LogP contribution in [0.3, 0.4) is 0 Å². The molecule has 2 N–H and O–H groups in total. The van der Waals surface area contributed by atoms with Crippen molar-refractivity contribution in [3.05, 3.63) is 35.4 Å². The Balaban J connectivity index is 2.07. The van der Waals surface area contributed by atoms with Crippen molar-refractivity contribution in [3.63, 3.8) is 0 Å². The van der Waals surface area contributed by atoms with E-state index in [0.29, 0.717) is 24.6 Å². The van der Waals surface area contributed by atoms with Crippen molar-refractivity contribution in [1.82, 2.24) is 4.90 Å². The third kappa shape index (κ3) is 3.59. The maximum absolute atomic E-state index is 13.2. The van der Waals surface area contributed by atoms with Crippen LogP contribution in [-0.4, -0.2) is 29.9 Å². The molecule has 1 aliphatic rings. The lowest BCUT2D eigenvalue weighted by Crippen LogP contribution is -2.44. The van der Waals surface area contributed by atoms with E-state index in [9.17, 15) is 13.6 Å². The smallest absolute Gasteiger partial charge is 0.227 e. The van der Waals surface area contributed by atoms with Gasteiger partial charge in [0.05, 0.1) is 6.42 Å². The molecular formula is C16H22F2N2O. The van der Waals surface area contributed by atoms with Gasteiger partial charge in [0.1, 0.15) is 0 Å². The Morgan fingerprint density at radius 2 is 2.10 bits per heavy atom. The molecular weight excluding hydrogens is 274 g/mol. The summed E-state index contributed by atoms with van der Waals surface area (Å²) in [5.41, 5.74) is 6.28. The largest absolute Gasteiger partial charge is 0.339 e. The number of rotatable bonds is 5. The van der Waals surface area contributed by atoms with Crippen molar-refractivity contribution < 1.29 is 13.6 Å². The fourth-order valence-electron chi connectivity index (χ4n) is 3.22. The zero-order chi connectivity index (χ0) is 15.4. The summed E-state index contributed by atoms with van der Waals surface area (Å²) in [5.74, 6) is -1.51. The number of halogens is 2. The van der Waals surface area contributed by atoms with Crippen LogP contribution in [0.4, 0.5) is 8.78 Å². The van der Waals surface area contributed by atoms with Gasteiger partial charge in [-0.25, -0.2) is 8.78 Å². The maximum atomic E-state index is 13.2. The topological polar surface area (TPSA) is 46.3 Å².